The minimum absolute atomic E-state index is 0.0118. The number of morpholine rings is 1. The summed E-state index contributed by atoms with van der Waals surface area (Å²) in [6.07, 6.45) is -0.309. The fourth-order valence-corrected chi connectivity index (χ4v) is 5.86. The summed E-state index contributed by atoms with van der Waals surface area (Å²) in [7, 11) is 5.15. The molecule has 2 aliphatic rings. The Hall–Kier alpha value is -3.27. The summed E-state index contributed by atoms with van der Waals surface area (Å²) in [5.74, 6) is -2.78. The number of carbonyl (C=O) groups excluding carboxylic acids is 3. The minimum Gasteiger partial charge on any atom is -0.380 e. The van der Waals surface area contributed by atoms with E-state index in [9.17, 15) is 34.8 Å². The predicted octanol–water partition coefficient (Wildman–Crippen LogP) is -3.65. The van der Waals surface area contributed by atoms with Crippen molar-refractivity contribution in [3.63, 3.8) is 0 Å². The largest absolute Gasteiger partial charge is 0.380 e. The molecule has 0 radical (unpaired) electrons. The molecule has 0 bridgehead atoms. The lowest BCUT2D eigenvalue weighted by atomic mass is 9.76. The van der Waals surface area contributed by atoms with Gasteiger partial charge in [0.25, 0.3) is 11.8 Å². The Labute approximate surface area is 245 Å². The van der Waals surface area contributed by atoms with Crippen molar-refractivity contribution in [3.8, 4) is 0 Å². The number of aldehydes is 1. The second-order valence-electron chi connectivity index (χ2n) is 11.0. The molecule has 0 aliphatic carbocycles. The van der Waals surface area contributed by atoms with Crippen LogP contribution in [-0.4, -0.2) is 111 Å². The van der Waals surface area contributed by atoms with Crippen LogP contribution in [0.2, 0.25) is 0 Å². The zero-order valence-corrected chi connectivity index (χ0v) is 24.0. The maximum atomic E-state index is 16.0. The van der Waals surface area contributed by atoms with Gasteiger partial charge in [0, 0.05) is 60.9 Å². The van der Waals surface area contributed by atoms with Crippen molar-refractivity contribution in [2.24, 2.45) is 0 Å². The first kappa shape index (κ1) is 31.7. The fourth-order valence-electron chi connectivity index (χ4n) is 5.86. The number of likely N-dealkylation sites (N-methyl/N-ethyl adjacent to an activating group) is 1. The number of rotatable bonds is 10. The SMILES string of the molecule is BC(O)(Nc1cccc2c1C(B)(O)N(C(O)(CCC=O)C(=O)NC)C2=O)c1cccc(C(B)(O)N2CCOCC2)c1F. The number of halogens is 1. The third kappa shape index (κ3) is 5.23. The summed E-state index contributed by atoms with van der Waals surface area (Å²) >= 11 is 0. The van der Waals surface area contributed by atoms with Crippen LogP contribution in [0.3, 0.4) is 0 Å². The van der Waals surface area contributed by atoms with Crippen molar-refractivity contribution in [2.75, 3.05) is 38.7 Å². The van der Waals surface area contributed by atoms with E-state index in [0.717, 1.165) is 0 Å². The molecule has 2 amide bonds. The number of ether oxygens (including phenoxy) is 1. The first-order valence-electron chi connectivity index (χ1n) is 13.6. The number of nitrogens with one attached hydrogen (secondary N) is 2. The number of aliphatic hydroxyl groups is 4. The Morgan fingerprint density at radius 3 is 2.38 bits per heavy atom. The van der Waals surface area contributed by atoms with Gasteiger partial charge in [0.1, 0.15) is 29.0 Å². The highest BCUT2D eigenvalue weighted by Crippen LogP contribution is 2.45. The number of amides is 2. The van der Waals surface area contributed by atoms with E-state index in [1.807, 2.05) is 0 Å². The van der Waals surface area contributed by atoms with Crippen LogP contribution in [0.1, 0.15) is 39.9 Å². The van der Waals surface area contributed by atoms with E-state index in [1.54, 1.807) is 4.90 Å². The highest BCUT2D eigenvalue weighted by atomic mass is 19.1. The Kier molecular flexibility index (Phi) is 8.62. The van der Waals surface area contributed by atoms with Gasteiger partial charge in [-0.05, 0) is 12.1 Å². The van der Waals surface area contributed by atoms with Crippen molar-refractivity contribution >= 4 is 47.3 Å². The average molecular weight is 582 g/mol. The number of nitrogens with zero attached hydrogens (tertiary/aromatic N) is 2. The van der Waals surface area contributed by atoms with Gasteiger partial charge in [0.2, 0.25) is 5.72 Å². The van der Waals surface area contributed by atoms with Gasteiger partial charge in [-0.1, -0.05) is 24.3 Å². The summed E-state index contributed by atoms with van der Waals surface area (Å²) < 4.78 is 21.4. The molecule has 4 unspecified atom stereocenters. The van der Waals surface area contributed by atoms with E-state index in [1.165, 1.54) is 67.0 Å². The maximum Gasteiger partial charge on any atom is 0.273 e. The van der Waals surface area contributed by atoms with E-state index < -0.39 is 46.7 Å². The highest BCUT2D eigenvalue weighted by molar-refractivity contribution is 6.22. The number of fused-ring (bicyclic) bond motifs is 1. The van der Waals surface area contributed by atoms with E-state index in [0.29, 0.717) is 37.5 Å². The highest BCUT2D eigenvalue weighted by Gasteiger charge is 2.58. The molecule has 4 rings (SSSR count). The average Bonchev–Trinajstić information content (AvgIpc) is 3.16. The molecule has 1 saturated heterocycles. The van der Waals surface area contributed by atoms with Crippen LogP contribution in [0.4, 0.5) is 10.1 Å². The topological polar surface area (TPSA) is 172 Å². The summed E-state index contributed by atoms with van der Waals surface area (Å²) in [6, 6.07) is 8.52. The summed E-state index contributed by atoms with van der Waals surface area (Å²) in [6.45, 7) is 1.48. The zero-order valence-electron chi connectivity index (χ0n) is 24.0. The molecule has 1 fully saturated rings. The standard InChI is InChI=1S/C26H34B3FN4O8/c1-31-22(37)23(38,9-4-12-35)34-21(36)15-5-2-8-18(19(15)26(34,29)41)32-24(27,39)16-6-3-7-17(20(16)30)25(28,40)33-10-13-42-14-11-33/h2-3,5-8,12,32,38-41H,4,9-11,13-14,27-29H2,1H3,(H,31,37). The number of carbonyl (C=O) groups is 3. The van der Waals surface area contributed by atoms with Gasteiger partial charge in [0.05, 0.1) is 13.2 Å². The number of hydrogen-bond acceptors (Lipinski definition) is 10. The normalized spacial score (nSPS) is 23.3. The Bertz CT molecular complexity index is 1390. The van der Waals surface area contributed by atoms with Crippen LogP contribution in [-0.2, 0) is 31.2 Å². The molecule has 42 heavy (non-hydrogen) atoms. The lowest BCUT2D eigenvalue weighted by molar-refractivity contribution is -0.186. The summed E-state index contributed by atoms with van der Waals surface area (Å²) in [5, 5.41) is 51.0. The van der Waals surface area contributed by atoms with Crippen molar-refractivity contribution in [2.45, 2.75) is 35.4 Å². The fraction of sp³-hybridized carbons (Fsp3) is 0.423. The van der Waals surface area contributed by atoms with Crippen LogP contribution in [0, 0.1) is 5.82 Å². The summed E-state index contributed by atoms with van der Waals surface area (Å²) in [4.78, 5) is 39.6. The zero-order chi connectivity index (χ0) is 31.1. The lowest BCUT2D eigenvalue weighted by Gasteiger charge is -2.43. The molecular weight excluding hydrogens is 548 g/mol. The van der Waals surface area contributed by atoms with Crippen LogP contribution in [0.25, 0.3) is 0 Å². The van der Waals surface area contributed by atoms with Crippen molar-refractivity contribution in [1.82, 2.24) is 15.1 Å². The third-order valence-electron chi connectivity index (χ3n) is 8.02. The third-order valence-corrected chi connectivity index (χ3v) is 8.02. The molecule has 12 nitrogen and oxygen atoms in total. The van der Waals surface area contributed by atoms with Gasteiger partial charge >= 0.3 is 0 Å². The molecule has 0 aromatic heterocycles. The van der Waals surface area contributed by atoms with E-state index in [4.69, 9.17) is 4.74 Å². The first-order chi connectivity index (χ1) is 19.6. The molecule has 2 aromatic carbocycles. The van der Waals surface area contributed by atoms with Gasteiger partial charge < -0.3 is 40.6 Å². The number of hydrogen-bond donors (Lipinski definition) is 6. The molecule has 4 atom stereocenters. The maximum absolute atomic E-state index is 16.0. The van der Waals surface area contributed by atoms with Gasteiger partial charge in [-0.2, -0.15) is 0 Å². The van der Waals surface area contributed by atoms with Gasteiger partial charge in [-0.25, -0.2) is 4.39 Å². The number of anilines is 1. The molecule has 16 heteroatoms. The van der Waals surface area contributed by atoms with Crippen LogP contribution < -0.4 is 10.6 Å². The van der Waals surface area contributed by atoms with Crippen molar-refractivity contribution in [1.29, 1.82) is 0 Å². The monoisotopic (exact) mass is 582 g/mol. The van der Waals surface area contributed by atoms with Gasteiger partial charge in [0.15, 0.2) is 23.5 Å². The van der Waals surface area contributed by atoms with E-state index in [2.05, 4.69) is 10.6 Å². The molecular formula is C26H34B3FN4O8. The Balaban J connectivity index is 1.75. The van der Waals surface area contributed by atoms with Crippen molar-refractivity contribution < 1.29 is 43.9 Å². The van der Waals surface area contributed by atoms with Crippen LogP contribution in [0.15, 0.2) is 36.4 Å². The minimum atomic E-state index is -2.60. The molecule has 0 spiro atoms. The van der Waals surface area contributed by atoms with Gasteiger partial charge in [-0.3, -0.25) is 19.4 Å². The Morgan fingerprint density at radius 1 is 1.14 bits per heavy atom. The van der Waals surface area contributed by atoms with Crippen molar-refractivity contribution in [3.05, 3.63) is 64.5 Å². The summed E-state index contributed by atoms with van der Waals surface area (Å²) in [5.41, 5.74) is -9.20. The van der Waals surface area contributed by atoms with E-state index in [-0.39, 0.29) is 34.4 Å². The van der Waals surface area contributed by atoms with Crippen LogP contribution in [0.5, 0.6) is 0 Å². The van der Waals surface area contributed by atoms with Crippen LogP contribution >= 0.6 is 0 Å². The molecule has 0 saturated carbocycles. The molecule has 2 aromatic rings. The number of benzene rings is 2. The lowest BCUT2D eigenvalue weighted by Crippen LogP contribution is -2.65. The quantitative estimate of drug-likeness (QED) is 0.0933. The molecule has 222 valence electrons. The predicted molar refractivity (Wildman–Crippen MR) is 157 cm³/mol. The second-order valence-corrected chi connectivity index (χ2v) is 11.0. The molecule has 2 aliphatic heterocycles. The van der Waals surface area contributed by atoms with Gasteiger partial charge in [-0.15, -0.1) is 0 Å². The smallest absolute Gasteiger partial charge is 0.273 e. The Morgan fingerprint density at radius 2 is 1.76 bits per heavy atom. The second kappa shape index (κ2) is 11.4. The molecule has 2 heterocycles. The molecule has 6 N–H and O–H groups in total. The first-order valence-corrected chi connectivity index (χ1v) is 13.6. The van der Waals surface area contributed by atoms with E-state index >= 15 is 4.39 Å².